The SMILES string of the molecule is CC(C)n1cccc1CN1CC(O)=C(c2nc(-c3ccccc3)cs2)C1=N. The van der Waals surface area contributed by atoms with Gasteiger partial charge in [-0.1, -0.05) is 30.3 Å². The van der Waals surface area contributed by atoms with Gasteiger partial charge in [-0.05, 0) is 26.0 Å². The van der Waals surface area contributed by atoms with E-state index < -0.39 is 0 Å². The van der Waals surface area contributed by atoms with Gasteiger partial charge < -0.3 is 14.6 Å². The van der Waals surface area contributed by atoms with E-state index in [2.05, 4.69) is 35.7 Å². The number of hydrogen-bond acceptors (Lipinski definition) is 4. The highest BCUT2D eigenvalue weighted by Gasteiger charge is 2.30. The highest BCUT2D eigenvalue weighted by atomic mass is 32.1. The van der Waals surface area contributed by atoms with E-state index >= 15 is 0 Å². The minimum absolute atomic E-state index is 0.219. The maximum atomic E-state index is 10.5. The Morgan fingerprint density at radius 2 is 1.96 bits per heavy atom. The highest BCUT2D eigenvalue weighted by Crippen LogP contribution is 2.33. The number of hydrogen-bond donors (Lipinski definition) is 2. The molecule has 2 aromatic heterocycles. The summed E-state index contributed by atoms with van der Waals surface area (Å²) >= 11 is 1.47. The maximum Gasteiger partial charge on any atom is 0.135 e. The van der Waals surface area contributed by atoms with Crippen molar-refractivity contribution >= 4 is 22.7 Å². The quantitative estimate of drug-likeness (QED) is 0.660. The number of rotatable bonds is 5. The molecular formula is C21H22N4OS. The lowest BCUT2D eigenvalue weighted by Gasteiger charge is -2.21. The van der Waals surface area contributed by atoms with Gasteiger partial charge >= 0.3 is 0 Å². The van der Waals surface area contributed by atoms with Crippen LogP contribution in [0.4, 0.5) is 0 Å². The molecule has 3 heterocycles. The Labute approximate surface area is 162 Å². The van der Waals surface area contributed by atoms with Crippen LogP contribution < -0.4 is 0 Å². The van der Waals surface area contributed by atoms with E-state index in [1.807, 2.05) is 46.7 Å². The molecule has 1 aliphatic rings. The molecule has 5 nitrogen and oxygen atoms in total. The van der Waals surface area contributed by atoms with Gasteiger partial charge in [0.15, 0.2) is 0 Å². The Morgan fingerprint density at radius 1 is 1.19 bits per heavy atom. The first-order valence-corrected chi connectivity index (χ1v) is 9.85. The fraction of sp³-hybridized carbons (Fsp3) is 0.238. The Hall–Kier alpha value is -2.86. The molecule has 1 aromatic carbocycles. The van der Waals surface area contributed by atoms with Crippen molar-refractivity contribution in [3.05, 3.63) is 70.5 Å². The van der Waals surface area contributed by atoms with Gasteiger partial charge in [-0.3, -0.25) is 5.41 Å². The van der Waals surface area contributed by atoms with Crippen molar-refractivity contribution in [3.8, 4) is 11.3 Å². The first kappa shape index (κ1) is 17.5. The largest absolute Gasteiger partial charge is 0.510 e. The molecule has 1 aliphatic heterocycles. The average Bonchev–Trinajstić information content (AvgIpc) is 3.36. The van der Waals surface area contributed by atoms with Crippen molar-refractivity contribution in [1.29, 1.82) is 5.41 Å². The number of nitrogens with one attached hydrogen (secondary N) is 1. The number of aromatic nitrogens is 2. The first-order valence-electron chi connectivity index (χ1n) is 8.97. The van der Waals surface area contributed by atoms with Gasteiger partial charge in [-0.25, -0.2) is 4.98 Å². The fourth-order valence-electron chi connectivity index (χ4n) is 3.39. The zero-order chi connectivity index (χ0) is 19.0. The Kier molecular flexibility index (Phi) is 4.58. The molecule has 0 amide bonds. The number of benzene rings is 1. The van der Waals surface area contributed by atoms with E-state index in [1.165, 1.54) is 11.3 Å². The predicted molar refractivity (Wildman–Crippen MR) is 110 cm³/mol. The number of nitrogens with zero attached hydrogens (tertiary/aromatic N) is 3. The smallest absolute Gasteiger partial charge is 0.135 e. The summed E-state index contributed by atoms with van der Waals surface area (Å²) in [6, 6.07) is 14.4. The maximum absolute atomic E-state index is 10.5. The Balaban J connectivity index is 1.56. The molecule has 0 unspecified atom stereocenters. The fourth-order valence-corrected chi connectivity index (χ4v) is 4.28. The van der Waals surface area contributed by atoms with Crippen LogP contribution in [0.3, 0.4) is 0 Å². The van der Waals surface area contributed by atoms with Crippen molar-refractivity contribution < 1.29 is 5.11 Å². The van der Waals surface area contributed by atoms with Gasteiger partial charge in [0.2, 0.25) is 0 Å². The van der Waals surface area contributed by atoms with E-state index in [1.54, 1.807) is 0 Å². The summed E-state index contributed by atoms with van der Waals surface area (Å²) in [5.41, 5.74) is 3.59. The first-order chi connectivity index (χ1) is 13.0. The highest BCUT2D eigenvalue weighted by molar-refractivity contribution is 7.11. The van der Waals surface area contributed by atoms with Gasteiger partial charge in [0, 0.05) is 28.9 Å². The van der Waals surface area contributed by atoms with Crippen LogP contribution in [0.1, 0.15) is 30.6 Å². The molecule has 4 rings (SSSR count). The minimum Gasteiger partial charge on any atom is -0.510 e. The van der Waals surface area contributed by atoms with E-state index in [4.69, 9.17) is 5.41 Å². The molecule has 0 saturated heterocycles. The summed E-state index contributed by atoms with van der Waals surface area (Å²) in [7, 11) is 0. The van der Waals surface area contributed by atoms with Gasteiger partial charge in [-0.15, -0.1) is 11.3 Å². The molecule has 0 spiro atoms. The van der Waals surface area contributed by atoms with Crippen molar-refractivity contribution in [3.63, 3.8) is 0 Å². The number of amidine groups is 1. The second kappa shape index (κ2) is 7.04. The number of thiazole rings is 1. The van der Waals surface area contributed by atoms with Crippen molar-refractivity contribution in [2.24, 2.45) is 0 Å². The molecule has 0 aliphatic carbocycles. The second-order valence-electron chi connectivity index (χ2n) is 6.93. The van der Waals surface area contributed by atoms with Crippen LogP contribution in [0.5, 0.6) is 0 Å². The molecule has 0 fully saturated rings. The van der Waals surface area contributed by atoms with Gasteiger partial charge in [0.1, 0.15) is 16.6 Å². The molecular weight excluding hydrogens is 356 g/mol. The van der Waals surface area contributed by atoms with Gasteiger partial charge in [0.25, 0.3) is 0 Å². The monoisotopic (exact) mass is 378 g/mol. The van der Waals surface area contributed by atoms with Crippen LogP contribution in [0, 0.1) is 5.41 Å². The van der Waals surface area contributed by atoms with E-state index in [-0.39, 0.29) is 5.76 Å². The van der Waals surface area contributed by atoms with Crippen LogP contribution in [0.25, 0.3) is 16.8 Å². The molecule has 2 N–H and O–H groups in total. The van der Waals surface area contributed by atoms with Crippen LogP contribution >= 0.6 is 11.3 Å². The van der Waals surface area contributed by atoms with Crippen LogP contribution in [0.15, 0.2) is 59.8 Å². The van der Waals surface area contributed by atoms with Crippen LogP contribution in [-0.2, 0) is 6.54 Å². The van der Waals surface area contributed by atoms with Gasteiger partial charge in [0.05, 0.1) is 24.4 Å². The number of aliphatic hydroxyl groups excluding tert-OH is 1. The van der Waals surface area contributed by atoms with E-state index in [0.29, 0.717) is 35.5 Å². The summed E-state index contributed by atoms with van der Waals surface area (Å²) in [5, 5.41) is 21.8. The third-order valence-corrected chi connectivity index (χ3v) is 5.61. The number of aliphatic hydroxyl groups is 1. The molecule has 27 heavy (non-hydrogen) atoms. The van der Waals surface area contributed by atoms with Crippen molar-refractivity contribution in [1.82, 2.24) is 14.5 Å². The van der Waals surface area contributed by atoms with Crippen molar-refractivity contribution in [2.75, 3.05) is 6.54 Å². The summed E-state index contributed by atoms with van der Waals surface area (Å²) in [6.07, 6.45) is 2.06. The lowest BCUT2D eigenvalue weighted by molar-refractivity contribution is 0.341. The lowest BCUT2D eigenvalue weighted by Crippen LogP contribution is -2.27. The molecule has 138 valence electrons. The standard InChI is InChI=1S/C21H22N4OS/c1-14(2)25-10-6-9-16(25)11-24-12-18(26)19(20(24)22)21-23-17(13-27-21)15-7-4-3-5-8-15/h3-10,13-14,22,26H,11-12H2,1-2H3. The van der Waals surface area contributed by atoms with Crippen molar-refractivity contribution in [2.45, 2.75) is 26.4 Å². The molecule has 6 heteroatoms. The van der Waals surface area contributed by atoms with Crippen LogP contribution in [0.2, 0.25) is 0 Å². The lowest BCUT2D eigenvalue weighted by atomic mass is 10.2. The van der Waals surface area contributed by atoms with Gasteiger partial charge in [-0.2, -0.15) is 0 Å². The third-order valence-electron chi connectivity index (χ3n) is 4.75. The summed E-state index contributed by atoms with van der Waals surface area (Å²) < 4.78 is 2.19. The second-order valence-corrected chi connectivity index (χ2v) is 7.79. The molecule has 0 atom stereocenters. The summed E-state index contributed by atoms with van der Waals surface area (Å²) in [4.78, 5) is 6.56. The minimum atomic E-state index is 0.219. The van der Waals surface area contributed by atoms with Crippen LogP contribution in [-0.4, -0.2) is 31.9 Å². The molecule has 0 bridgehead atoms. The topological polar surface area (TPSA) is 65.1 Å². The molecule has 0 radical (unpaired) electrons. The van der Waals surface area contributed by atoms with E-state index in [9.17, 15) is 5.11 Å². The normalized spacial score (nSPS) is 14.6. The average molecular weight is 379 g/mol. The predicted octanol–water partition coefficient (Wildman–Crippen LogP) is 4.95. The zero-order valence-corrected chi connectivity index (χ0v) is 16.2. The molecule has 3 aromatic rings. The Morgan fingerprint density at radius 3 is 2.70 bits per heavy atom. The zero-order valence-electron chi connectivity index (χ0n) is 15.4. The molecule has 0 saturated carbocycles. The summed E-state index contributed by atoms with van der Waals surface area (Å²) in [5.74, 6) is 0.551. The summed E-state index contributed by atoms with van der Waals surface area (Å²) in [6.45, 7) is 5.22. The Bertz CT molecular complexity index is 1000. The third kappa shape index (κ3) is 3.28. The van der Waals surface area contributed by atoms with E-state index in [0.717, 1.165) is 17.0 Å².